The molecule has 1 aliphatic rings. The van der Waals surface area contributed by atoms with Crippen LogP contribution in [-0.4, -0.2) is 5.78 Å². The first-order valence-electron chi connectivity index (χ1n) is 6.23. The van der Waals surface area contributed by atoms with E-state index in [-0.39, 0.29) is 5.92 Å². The quantitative estimate of drug-likeness (QED) is 0.640. The molecule has 0 amide bonds. The van der Waals surface area contributed by atoms with E-state index in [9.17, 15) is 4.79 Å². The van der Waals surface area contributed by atoms with Crippen LogP contribution in [0.2, 0.25) is 0 Å². The predicted octanol–water partition coefficient (Wildman–Crippen LogP) is 4.01. The highest BCUT2D eigenvalue weighted by Crippen LogP contribution is 2.43. The Labute approximate surface area is 99.6 Å². The van der Waals surface area contributed by atoms with Crippen molar-refractivity contribution >= 4 is 5.78 Å². The van der Waals surface area contributed by atoms with Crippen LogP contribution in [0.5, 0.6) is 0 Å². The molecule has 16 heavy (non-hydrogen) atoms. The van der Waals surface area contributed by atoms with Crippen LogP contribution in [0, 0.1) is 23.7 Å². The topological polar surface area (TPSA) is 17.1 Å². The standard InChI is InChI=1S/C15H24O/c1-6-13-8-14(12(5)16)9-15(13)11(4)7-10(2)3/h6,11,13-15H,1-2,7-9H2,3-5H3. The number of rotatable bonds is 5. The molecule has 1 aliphatic carbocycles. The molecule has 0 radical (unpaired) electrons. The molecule has 4 atom stereocenters. The van der Waals surface area contributed by atoms with Gasteiger partial charge in [0.25, 0.3) is 0 Å². The predicted molar refractivity (Wildman–Crippen MR) is 69.2 cm³/mol. The average molecular weight is 220 g/mol. The van der Waals surface area contributed by atoms with Gasteiger partial charge in [0.05, 0.1) is 0 Å². The fourth-order valence-electron chi connectivity index (χ4n) is 3.06. The molecule has 1 nitrogen and oxygen atoms in total. The van der Waals surface area contributed by atoms with E-state index < -0.39 is 0 Å². The Morgan fingerprint density at radius 1 is 1.44 bits per heavy atom. The van der Waals surface area contributed by atoms with Gasteiger partial charge in [-0.05, 0) is 50.9 Å². The second-order valence-corrected chi connectivity index (χ2v) is 5.48. The zero-order valence-corrected chi connectivity index (χ0v) is 10.8. The van der Waals surface area contributed by atoms with Crippen molar-refractivity contribution < 1.29 is 4.79 Å². The maximum Gasteiger partial charge on any atom is 0.132 e. The summed E-state index contributed by atoms with van der Waals surface area (Å²) in [7, 11) is 0. The summed E-state index contributed by atoms with van der Waals surface area (Å²) in [5, 5.41) is 0. The molecular formula is C15H24O. The lowest BCUT2D eigenvalue weighted by Gasteiger charge is -2.23. The lowest BCUT2D eigenvalue weighted by Crippen LogP contribution is -2.15. The van der Waals surface area contributed by atoms with Crippen molar-refractivity contribution in [3.8, 4) is 0 Å². The minimum Gasteiger partial charge on any atom is -0.300 e. The first-order chi connectivity index (χ1) is 7.45. The van der Waals surface area contributed by atoms with Gasteiger partial charge in [0.15, 0.2) is 0 Å². The van der Waals surface area contributed by atoms with Gasteiger partial charge in [-0.15, -0.1) is 13.2 Å². The van der Waals surface area contributed by atoms with E-state index >= 15 is 0 Å². The summed E-state index contributed by atoms with van der Waals surface area (Å²) in [4.78, 5) is 11.4. The Morgan fingerprint density at radius 2 is 2.06 bits per heavy atom. The molecule has 0 aliphatic heterocycles. The first-order valence-corrected chi connectivity index (χ1v) is 6.23. The Kier molecular flexibility index (Phi) is 4.52. The van der Waals surface area contributed by atoms with E-state index in [1.54, 1.807) is 6.92 Å². The third-order valence-electron chi connectivity index (χ3n) is 3.94. The van der Waals surface area contributed by atoms with E-state index in [2.05, 4.69) is 27.0 Å². The van der Waals surface area contributed by atoms with Gasteiger partial charge in [-0.25, -0.2) is 0 Å². The van der Waals surface area contributed by atoms with Gasteiger partial charge < -0.3 is 0 Å². The smallest absolute Gasteiger partial charge is 0.132 e. The summed E-state index contributed by atoms with van der Waals surface area (Å²) >= 11 is 0. The monoisotopic (exact) mass is 220 g/mol. The van der Waals surface area contributed by atoms with Gasteiger partial charge in [0, 0.05) is 5.92 Å². The first kappa shape index (κ1) is 13.2. The van der Waals surface area contributed by atoms with Gasteiger partial charge in [-0.3, -0.25) is 4.79 Å². The molecule has 4 unspecified atom stereocenters. The fourth-order valence-corrected chi connectivity index (χ4v) is 3.06. The van der Waals surface area contributed by atoms with Crippen molar-refractivity contribution in [1.82, 2.24) is 0 Å². The van der Waals surface area contributed by atoms with Crippen molar-refractivity contribution in [3.63, 3.8) is 0 Å². The zero-order chi connectivity index (χ0) is 12.3. The van der Waals surface area contributed by atoms with Crippen LogP contribution >= 0.6 is 0 Å². The molecule has 0 saturated heterocycles. The van der Waals surface area contributed by atoms with Crippen molar-refractivity contribution in [2.75, 3.05) is 0 Å². The third-order valence-corrected chi connectivity index (χ3v) is 3.94. The Morgan fingerprint density at radius 3 is 2.50 bits per heavy atom. The van der Waals surface area contributed by atoms with E-state index in [1.807, 2.05) is 6.08 Å². The highest BCUT2D eigenvalue weighted by molar-refractivity contribution is 5.78. The summed E-state index contributed by atoms with van der Waals surface area (Å²) in [6.45, 7) is 14.0. The summed E-state index contributed by atoms with van der Waals surface area (Å²) in [5.41, 5.74) is 1.24. The van der Waals surface area contributed by atoms with Crippen LogP contribution in [-0.2, 0) is 4.79 Å². The third kappa shape index (κ3) is 3.07. The van der Waals surface area contributed by atoms with Gasteiger partial charge in [-0.2, -0.15) is 0 Å². The number of ketones is 1. The molecule has 0 bridgehead atoms. The number of hydrogen-bond donors (Lipinski definition) is 0. The lowest BCUT2D eigenvalue weighted by atomic mass is 9.82. The number of carbonyl (C=O) groups excluding carboxylic acids is 1. The molecule has 0 aromatic carbocycles. The van der Waals surface area contributed by atoms with Gasteiger partial charge >= 0.3 is 0 Å². The average Bonchev–Trinajstić information content (AvgIpc) is 2.60. The summed E-state index contributed by atoms with van der Waals surface area (Å²) in [6.07, 6.45) is 5.16. The number of hydrogen-bond acceptors (Lipinski definition) is 1. The van der Waals surface area contributed by atoms with Crippen LogP contribution in [0.3, 0.4) is 0 Å². The van der Waals surface area contributed by atoms with E-state index in [1.165, 1.54) is 5.57 Å². The minimum absolute atomic E-state index is 0.264. The van der Waals surface area contributed by atoms with E-state index in [0.29, 0.717) is 23.5 Å². The lowest BCUT2D eigenvalue weighted by molar-refractivity contribution is -0.120. The van der Waals surface area contributed by atoms with Crippen molar-refractivity contribution in [2.45, 2.75) is 40.0 Å². The molecular weight excluding hydrogens is 196 g/mol. The van der Waals surface area contributed by atoms with Crippen LogP contribution in [0.4, 0.5) is 0 Å². The molecule has 1 heteroatoms. The fraction of sp³-hybridized carbons (Fsp3) is 0.667. The summed E-state index contributed by atoms with van der Waals surface area (Å²) in [5.74, 6) is 2.36. The molecule has 0 N–H and O–H groups in total. The normalized spacial score (nSPS) is 31.1. The Hall–Kier alpha value is -0.850. The van der Waals surface area contributed by atoms with Gasteiger partial charge in [-0.1, -0.05) is 18.6 Å². The molecule has 0 aromatic rings. The highest BCUT2D eigenvalue weighted by atomic mass is 16.1. The van der Waals surface area contributed by atoms with Crippen LogP contribution in [0.15, 0.2) is 24.8 Å². The van der Waals surface area contributed by atoms with Gasteiger partial charge in [0.2, 0.25) is 0 Å². The van der Waals surface area contributed by atoms with Crippen molar-refractivity contribution in [2.24, 2.45) is 23.7 Å². The molecule has 1 rings (SSSR count). The second kappa shape index (κ2) is 5.47. The maximum atomic E-state index is 11.4. The highest BCUT2D eigenvalue weighted by Gasteiger charge is 2.37. The van der Waals surface area contributed by atoms with Gasteiger partial charge in [0.1, 0.15) is 5.78 Å². The zero-order valence-electron chi connectivity index (χ0n) is 10.8. The maximum absolute atomic E-state index is 11.4. The van der Waals surface area contributed by atoms with E-state index in [0.717, 1.165) is 19.3 Å². The number of allylic oxidation sites excluding steroid dienone is 2. The molecule has 1 fully saturated rings. The molecule has 0 aromatic heterocycles. The van der Waals surface area contributed by atoms with Crippen LogP contribution in [0.25, 0.3) is 0 Å². The van der Waals surface area contributed by atoms with Crippen LogP contribution < -0.4 is 0 Å². The SMILES string of the molecule is C=CC1CC(C(C)=O)CC1C(C)CC(=C)C. The Balaban J connectivity index is 2.67. The molecule has 90 valence electrons. The Bertz CT molecular complexity index is 290. The number of Topliss-reactive ketones (excluding diaryl/α,β-unsaturated/α-hetero) is 1. The van der Waals surface area contributed by atoms with Crippen LogP contribution in [0.1, 0.15) is 40.0 Å². The minimum atomic E-state index is 0.264. The molecule has 0 heterocycles. The van der Waals surface area contributed by atoms with Crippen molar-refractivity contribution in [3.05, 3.63) is 24.8 Å². The molecule has 0 spiro atoms. The van der Waals surface area contributed by atoms with Crippen molar-refractivity contribution in [1.29, 1.82) is 0 Å². The second-order valence-electron chi connectivity index (χ2n) is 5.48. The molecule has 1 saturated carbocycles. The number of carbonyl (C=O) groups is 1. The summed E-state index contributed by atoms with van der Waals surface area (Å²) < 4.78 is 0. The van der Waals surface area contributed by atoms with E-state index in [4.69, 9.17) is 0 Å². The summed E-state index contributed by atoms with van der Waals surface area (Å²) in [6, 6.07) is 0. The largest absolute Gasteiger partial charge is 0.300 e.